The summed E-state index contributed by atoms with van der Waals surface area (Å²) in [5, 5.41) is 26.8. The van der Waals surface area contributed by atoms with Gasteiger partial charge in [-0.25, -0.2) is 22.5 Å². The van der Waals surface area contributed by atoms with Gasteiger partial charge >= 0.3 is 5.69 Å². The molecule has 0 bridgehead atoms. The molecule has 80 heavy (non-hydrogen) atoms. The van der Waals surface area contributed by atoms with Crippen LogP contribution in [0.5, 0.6) is 23.1 Å². The summed E-state index contributed by atoms with van der Waals surface area (Å²) in [5.41, 5.74) is 4.14. The first-order chi connectivity index (χ1) is 38.3. The van der Waals surface area contributed by atoms with E-state index in [1.165, 1.54) is 28.8 Å². The number of anilines is 2. The van der Waals surface area contributed by atoms with Crippen LogP contribution in [-0.4, -0.2) is 114 Å². The molecule has 2 aliphatic heterocycles. The van der Waals surface area contributed by atoms with Gasteiger partial charge in [-0.15, -0.1) is 0 Å². The van der Waals surface area contributed by atoms with Gasteiger partial charge in [-0.3, -0.25) is 24.7 Å². The maximum absolute atomic E-state index is 15.0. The summed E-state index contributed by atoms with van der Waals surface area (Å²) in [6.07, 6.45) is 6.70. The number of halogens is 1. The van der Waals surface area contributed by atoms with Crippen molar-refractivity contribution in [3.05, 3.63) is 129 Å². The Labute approximate surface area is 464 Å². The van der Waals surface area contributed by atoms with E-state index in [4.69, 9.17) is 18.6 Å². The van der Waals surface area contributed by atoms with Crippen LogP contribution in [0.2, 0.25) is 0 Å². The Morgan fingerprint density at radius 2 is 1.80 bits per heavy atom. The molecule has 7 aromatic rings. The lowest BCUT2D eigenvalue weighted by Gasteiger charge is -2.63. The van der Waals surface area contributed by atoms with E-state index in [1.807, 2.05) is 13.0 Å². The van der Waals surface area contributed by atoms with Crippen LogP contribution in [0.3, 0.4) is 0 Å². The number of H-pyrrole nitrogens is 1. The highest BCUT2D eigenvalue weighted by atomic mass is 32.2. The monoisotopic (exact) mass is 1110 g/mol. The van der Waals surface area contributed by atoms with E-state index in [1.54, 1.807) is 33.1 Å². The molecule has 2 saturated heterocycles. The number of pyridine rings is 2. The number of hydrogen-bond donors (Lipinski definition) is 4. The number of fused-ring (bicyclic) bond motifs is 2. The third-order valence-electron chi connectivity index (χ3n) is 16.8. The smallest absolute Gasteiger partial charge is 0.312 e. The van der Waals surface area contributed by atoms with Crippen molar-refractivity contribution in [2.45, 2.75) is 108 Å². The number of aromatic amines is 1. The minimum atomic E-state index is -4.76. The highest BCUT2D eigenvalue weighted by Gasteiger charge is 2.55. The average Bonchev–Trinajstić information content (AvgIpc) is 4.00. The largest absolute Gasteiger partial charge is 0.493 e. The predicted molar refractivity (Wildman–Crippen MR) is 301 cm³/mol. The maximum Gasteiger partial charge on any atom is 0.312 e. The van der Waals surface area contributed by atoms with Gasteiger partial charge in [0.2, 0.25) is 5.82 Å². The summed E-state index contributed by atoms with van der Waals surface area (Å²) in [6.45, 7) is 15.5. The van der Waals surface area contributed by atoms with E-state index in [9.17, 15) is 28.4 Å². The summed E-state index contributed by atoms with van der Waals surface area (Å²) in [6, 6.07) is 22.7. The zero-order valence-corrected chi connectivity index (χ0v) is 46.7. The number of nitrogens with one attached hydrogen (secondary N) is 3. The molecule has 4 aliphatic rings. The number of aryl methyl sites for hydroxylation is 1. The molecule has 4 fully saturated rings. The fraction of sp³-hybridized carbons (Fsp3) is 0.441. The Kier molecular flexibility index (Phi) is 14.8. The molecular weight excluding hydrogens is 1050 g/mol. The Bertz CT molecular complexity index is 3600. The van der Waals surface area contributed by atoms with Gasteiger partial charge in [0.1, 0.15) is 27.9 Å². The molecule has 0 unspecified atom stereocenters. The molecule has 0 radical (unpaired) electrons. The van der Waals surface area contributed by atoms with Crippen molar-refractivity contribution < 1.29 is 46.3 Å². The van der Waals surface area contributed by atoms with Gasteiger partial charge in [0.05, 0.1) is 41.4 Å². The van der Waals surface area contributed by atoms with E-state index in [0.717, 1.165) is 93.0 Å². The second kappa shape index (κ2) is 21.6. The Morgan fingerprint density at radius 1 is 1.02 bits per heavy atom. The number of methoxy groups -OCH3 is 1. The number of ether oxygens (including phenoxy) is 3. The quantitative estimate of drug-likeness (QED) is 0.0462. The number of nitro groups is 1. The van der Waals surface area contributed by atoms with Crippen molar-refractivity contribution in [2.24, 2.45) is 11.3 Å². The van der Waals surface area contributed by atoms with Gasteiger partial charge in [0, 0.05) is 98.8 Å². The van der Waals surface area contributed by atoms with Crippen LogP contribution in [0.15, 0.2) is 94.5 Å². The summed E-state index contributed by atoms with van der Waals surface area (Å²) < 4.78 is 69.0. The van der Waals surface area contributed by atoms with E-state index in [2.05, 4.69) is 89.9 Å². The molecular formula is C59H68FN9O10S. The number of aliphatic hydroxyl groups is 1. The van der Waals surface area contributed by atoms with E-state index < -0.39 is 42.9 Å². The highest BCUT2D eigenvalue weighted by Crippen LogP contribution is 2.54. The first-order valence-corrected chi connectivity index (χ1v) is 29.0. The van der Waals surface area contributed by atoms with Gasteiger partial charge in [-0.1, -0.05) is 44.2 Å². The second-order valence-electron chi connectivity index (χ2n) is 22.8. The van der Waals surface area contributed by atoms with Crippen molar-refractivity contribution in [2.75, 3.05) is 63.2 Å². The molecule has 1 spiro atoms. The molecule has 1 atom stereocenters. The standard InChI is InChI=1S/C59H68FN9O10S/c1-7-77-57-52(25-46-47(60)30-63-54(46)64-57)79-51-23-39(13-14-44(51)56(70)65-80(74,75)41-24-48(69(72)73)55(62-29-41)61-28-37-16-18-58(5,71)19-17-37)67-33-59(34-67)26-40(27-59)68-21-20-66(32-49(68)43-11-9-8-10-42(43)35(2)3)31-38-12-15-50(76-6)53-45(38)22-36(4)78-53/h8-15,22-25,29-30,35,37,40,49,71H,7,16-21,26-28,31-34H2,1-6H3,(H,61,62)(H,63,64)(H,65,70)/t37?,49-,58?/m0/s1. The summed E-state index contributed by atoms with van der Waals surface area (Å²) >= 11 is 0. The second-order valence-corrected chi connectivity index (χ2v) is 24.5. The Hall–Kier alpha value is -7.33. The van der Waals surface area contributed by atoms with Gasteiger partial charge in [0.25, 0.3) is 21.8 Å². The van der Waals surface area contributed by atoms with Crippen molar-refractivity contribution >= 4 is 55.1 Å². The molecule has 1 amide bonds. The predicted octanol–water partition coefficient (Wildman–Crippen LogP) is 10.4. The number of carbonyl (C=O) groups excluding carboxylic acids is 1. The summed E-state index contributed by atoms with van der Waals surface area (Å²) in [5.74, 6) is 0.185. The number of rotatable bonds is 18. The van der Waals surface area contributed by atoms with E-state index in [-0.39, 0.29) is 63.8 Å². The zero-order valence-electron chi connectivity index (χ0n) is 45.9. The third-order valence-corrected chi connectivity index (χ3v) is 18.1. The lowest BCUT2D eigenvalue weighted by atomic mass is 9.59. The fourth-order valence-electron chi connectivity index (χ4n) is 12.5. The first kappa shape index (κ1) is 54.6. The van der Waals surface area contributed by atoms with Crippen LogP contribution in [0.25, 0.3) is 22.0 Å². The van der Waals surface area contributed by atoms with Crippen molar-refractivity contribution in [1.29, 1.82) is 0 Å². The third kappa shape index (κ3) is 10.9. The maximum atomic E-state index is 15.0. The van der Waals surface area contributed by atoms with Crippen molar-refractivity contribution in [1.82, 2.24) is 29.5 Å². The molecule has 2 aliphatic carbocycles. The number of benzene rings is 3. The molecule has 4 aromatic heterocycles. The van der Waals surface area contributed by atoms with Crippen molar-refractivity contribution in [3.63, 3.8) is 0 Å². The molecule has 21 heteroatoms. The summed E-state index contributed by atoms with van der Waals surface area (Å²) in [4.78, 5) is 44.0. The normalized spacial score (nSPS) is 20.7. The Morgan fingerprint density at radius 3 is 2.54 bits per heavy atom. The van der Waals surface area contributed by atoms with Crippen LogP contribution >= 0.6 is 0 Å². The molecule has 3 aromatic carbocycles. The van der Waals surface area contributed by atoms with E-state index >= 15 is 4.39 Å². The van der Waals surface area contributed by atoms with Gasteiger partial charge in [-0.2, -0.15) is 4.98 Å². The molecule has 4 N–H and O–H groups in total. The molecule has 2 saturated carbocycles. The Balaban J connectivity index is 0.822. The van der Waals surface area contributed by atoms with Crippen LogP contribution in [-0.2, 0) is 16.6 Å². The topological polar surface area (TPSA) is 231 Å². The number of nitrogens with zero attached hydrogens (tertiary/aromatic N) is 6. The van der Waals surface area contributed by atoms with Crippen LogP contribution in [0.1, 0.15) is 111 Å². The number of hydrogen-bond acceptors (Lipinski definition) is 16. The van der Waals surface area contributed by atoms with Gasteiger partial charge in [0.15, 0.2) is 17.1 Å². The zero-order chi connectivity index (χ0) is 56.3. The SMILES string of the molecule is CCOc1nc2[nH]cc(F)c2cc1Oc1cc(N2CC3(CC(N4CCN(Cc5ccc(OC)c6oc(C)cc56)C[C@H]4c4ccccc4C(C)C)C3)C2)ccc1C(=O)NS(=O)(=O)c1cnc(NCC2CCC(C)(O)CC2)c([N+](=O)[O-])c1. The number of aromatic nitrogens is 3. The number of carbonyl (C=O) groups is 1. The summed E-state index contributed by atoms with van der Waals surface area (Å²) in [7, 11) is -3.09. The molecule has 11 rings (SSSR count). The molecule has 6 heterocycles. The van der Waals surface area contributed by atoms with E-state index in [0.29, 0.717) is 49.9 Å². The average molecular weight is 1110 g/mol. The van der Waals surface area contributed by atoms with Gasteiger partial charge < -0.3 is 38.9 Å². The number of amides is 1. The number of piperazine rings is 1. The number of sulfonamides is 1. The van der Waals surface area contributed by atoms with Crippen molar-refractivity contribution in [3.8, 4) is 23.1 Å². The van der Waals surface area contributed by atoms with Crippen LogP contribution in [0, 0.1) is 34.2 Å². The lowest BCUT2D eigenvalue weighted by Crippen LogP contribution is -2.68. The van der Waals surface area contributed by atoms with Crippen LogP contribution in [0.4, 0.5) is 21.6 Å². The minimum absolute atomic E-state index is 0.0123. The van der Waals surface area contributed by atoms with Gasteiger partial charge in [-0.05, 0) is 112 Å². The highest BCUT2D eigenvalue weighted by molar-refractivity contribution is 7.90. The molecule has 19 nitrogen and oxygen atoms in total. The molecule has 422 valence electrons. The first-order valence-electron chi connectivity index (χ1n) is 27.5. The van der Waals surface area contributed by atoms with Crippen LogP contribution < -0.4 is 29.1 Å². The lowest BCUT2D eigenvalue weighted by molar-refractivity contribution is -0.384. The number of furan rings is 1. The fourth-order valence-corrected chi connectivity index (χ4v) is 13.4. The minimum Gasteiger partial charge on any atom is -0.493 e.